The summed E-state index contributed by atoms with van der Waals surface area (Å²) in [7, 11) is 3.15. The van der Waals surface area contributed by atoms with Crippen LogP contribution in [0.5, 0.6) is 23.1 Å². The molecule has 12 nitrogen and oxygen atoms in total. The van der Waals surface area contributed by atoms with E-state index in [4.69, 9.17) is 29.4 Å². The van der Waals surface area contributed by atoms with Crippen molar-refractivity contribution in [2.45, 2.75) is 25.3 Å². The molecule has 0 saturated heterocycles. The molecule has 3 heterocycles. The van der Waals surface area contributed by atoms with Crippen LogP contribution < -0.4 is 25.5 Å². The topological polar surface area (TPSA) is 142 Å². The van der Waals surface area contributed by atoms with Crippen LogP contribution in [0.25, 0.3) is 16.6 Å². The fourth-order valence-corrected chi connectivity index (χ4v) is 5.84. The van der Waals surface area contributed by atoms with E-state index >= 15 is 4.39 Å². The Morgan fingerprint density at radius 2 is 1.66 bits per heavy atom. The summed E-state index contributed by atoms with van der Waals surface area (Å²) in [5.41, 5.74) is 7.30. The highest BCUT2D eigenvalue weighted by molar-refractivity contribution is 5.94. The average molecular weight is 644 g/mol. The van der Waals surface area contributed by atoms with Crippen molar-refractivity contribution in [1.29, 1.82) is 0 Å². The summed E-state index contributed by atoms with van der Waals surface area (Å²) in [6.45, 7) is 1.80. The summed E-state index contributed by atoms with van der Waals surface area (Å²) >= 11 is 0. The maximum atomic E-state index is 15.8. The predicted octanol–water partition coefficient (Wildman–Crippen LogP) is 4.59. The number of para-hydroxylation sites is 1. The number of nitrogens with zero attached hydrogens (tertiary/aromatic N) is 4. The minimum Gasteiger partial charge on any atom is -0.487 e. The highest BCUT2D eigenvalue weighted by Gasteiger charge is 2.33. The summed E-state index contributed by atoms with van der Waals surface area (Å²) in [6.07, 6.45) is 2.61. The third kappa shape index (κ3) is 6.40. The van der Waals surface area contributed by atoms with Gasteiger partial charge in [0, 0.05) is 32.7 Å². The van der Waals surface area contributed by atoms with Crippen molar-refractivity contribution >= 4 is 16.8 Å². The summed E-state index contributed by atoms with van der Waals surface area (Å²) in [5, 5.41) is 0.479. The first-order chi connectivity index (χ1) is 22.9. The first kappa shape index (κ1) is 31.7. The lowest BCUT2D eigenvalue weighted by Gasteiger charge is -2.27. The Labute approximate surface area is 269 Å². The van der Waals surface area contributed by atoms with Crippen LogP contribution in [0.15, 0.2) is 71.8 Å². The number of aromatic nitrogens is 4. The van der Waals surface area contributed by atoms with E-state index in [0.29, 0.717) is 78.6 Å². The van der Waals surface area contributed by atoms with Crippen molar-refractivity contribution in [3.05, 3.63) is 100.0 Å². The van der Waals surface area contributed by atoms with Crippen molar-refractivity contribution in [3.63, 3.8) is 0 Å². The number of nitrogens with two attached hydrogens (primary N) is 1. The number of ether oxygens (including phenoxy) is 5. The van der Waals surface area contributed by atoms with Gasteiger partial charge in [-0.2, -0.15) is 0 Å². The first-order valence-electron chi connectivity index (χ1n) is 15.1. The number of methoxy groups -OCH3 is 2. The van der Waals surface area contributed by atoms with E-state index in [2.05, 4.69) is 9.97 Å². The smallest absolute Gasteiger partial charge is 0.284 e. The van der Waals surface area contributed by atoms with Gasteiger partial charge in [0.2, 0.25) is 5.88 Å². The van der Waals surface area contributed by atoms with Gasteiger partial charge in [-0.3, -0.25) is 14.3 Å². The number of carbonyl (C=O) groups is 1. The number of amides is 1. The van der Waals surface area contributed by atoms with Crippen LogP contribution >= 0.6 is 0 Å². The zero-order chi connectivity index (χ0) is 32.9. The molecule has 1 aliphatic rings. The maximum absolute atomic E-state index is 15.8. The molecule has 2 aromatic heterocycles. The number of benzene rings is 3. The van der Waals surface area contributed by atoms with Crippen LogP contribution in [0.1, 0.15) is 40.4 Å². The molecule has 0 spiro atoms. The SMILES string of the molecule is COCCOc1cc2ncnc(Oc3ccc(C4CCCn5c4c(C(N)=O)c(=O)n5-c4ccccc4)cc3F)c2cc1OCCOC. The molecule has 3 aromatic carbocycles. The van der Waals surface area contributed by atoms with Gasteiger partial charge in [0.05, 0.1) is 35.5 Å². The number of carbonyl (C=O) groups excluding carboxylic acids is 1. The zero-order valence-electron chi connectivity index (χ0n) is 26.0. The van der Waals surface area contributed by atoms with Gasteiger partial charge in [0.15, 0.2) is 23.1 Å². The number of halogens is 1. The van der Waals surface area contributed by atoms with E-state index in [1.807, 2.05) is 18.2 Å². The third-order valence-corrected chi connectivity index (χ3v) is 7.94. The normalized spacial score (nSPS) is 14.1. The van der Waals surface area contributed by atoms with E-state index in [-0.39, 0.29) is 23.8 Å². The van der Waals surface area contributed by atoms with E-state index in [1.54, 1.807) is 49.2 Å². The predicted molar refractivity (Wildman–Crippen MR) is 170 cm³/mol. The molecular weight excluding hydrogens is 609 g/mol. The van der Waals surface area contributed by atoms with Crippen molar-refractivity contribution < 1.29 is 32.9 Å². The van der Waals surface area contributed by atoms with Crippen LogP contribution in [-0.2, 0) is 16.0 Å². The second-order valence-electron chi connectivity index (χ2n) is 10.9. The number of fused-ring (bicyclic) bond motifs is 2. The Hall–Kier alpha value is -5.27. The van der Waals surface area contributed by atoms with E-state index < -0.39 is 23.2 Å². The summed E-state index contributed by atoms with van der Waals surface area (Å²) in [6, 6.07) is 17.0. The lowest BCUT2D eigenvalue weighted by molar-refractivity contribution is 0.0997. The molecule has 1 amide bonds. The molecule has 0 radical (unpaired) electrons. The Balaban J connectivity index is 1.34. The van der Waals surface area contributed by atoms with Crippen LogP contribution in [0.4, 0.5) is 4.39 Å². The second kappa shape index (κ2) is 14.0. The van der Waals surface area contributed by atoms with Crippen LogP contribution in [-0.4, -0.2) is 65.9 Å². The van der Waals surface area contributed by atoms with E-state index in [9.17, 15) is 9.59 Å². The fourth-order valence-electron chi connectivity index (χ4n) is 5.84. The number of primary amides is 1. The molecule has 5 aromatic rings. The average Bonchev–Trinajstić information content (AvgIpc) is 3.38. The minimum atomic E-state index is -0.825. The highest BCUT2D eigenvalue weighted by atomic mass is 19.1. The van der Waals surface area contributed by atoms with Crippen molar-refractivity contribution in [2.24, 2.45) is 5.73 Å². The molecule has 47 heavy (non-hydrogen) atoms. The fraction of sp³-hybridized carbons (Fsp3) is 0.294. The second-order valence-corrected chi connectivity index (χ2v) is 10.9. The Morgan fingerprint density at radius 3 is 2.34 bits per heavy atom. The zero-order valence-corrected chi connectivity index (χ0v) is 26.0. The largest absolute Gasteiger partial charge is 0.487 e. The molecular formula is C34H34FN5O7. The maximum Gasteiger partial charge on any atom is 0.284 e. The monoisotopic (exact) mass is 643 g/mol. The van der Waals surface area contributed by atoms with Gasteiger partial charge in [0.1, 0.15) is 25.1 Å². The van der Waals surface area contributed by atoms with Crippen LogP contribution in [0.2, 0.25) is 0 Å². The molecule has 0 aliphatic carbocycles. The molecule has 0 fully saturated rings. The molecule has 1 unspecified atom stereocenters. The van der Waals surface area contributed by atoms with Gasteiger partial charge in [-0.25, -0.2) is 19.0 Å². The molecule has 0 saturated carbocycles. The number of hydrogen-bond acceptors (Lipinski definition) is 9. The Morgan fingerprint density at radius 1 is 0.936 bits per heavy atom. The Bertz CT molecular complexity index is 1960. The standard InChI is InChI=1S/C34H34FN5O7/c1-43-13-15-45-28-18-24-26(19-29(28)46-16-14-44-2)37-20-38-33(24)47-27-11-10-21(17-25(27)35)23-9-6-12-39-31(23)30(32(36)41)34(42)40(39)22-7-4-3-5-8-22/h3-5,7-8,10-11,17-20,23H,6,9,12-16H2,1-2H3,(H2,36,41). The van der Waals surface area contributed by atoms with Crippen LogP contribution in [0, 0.1) is 5.82 Å². The first-order valence-corrected chi connectivity index (χ1v) is 15.1. The van der Waals surface area contributed by atoms with Gasteiger partial charge < -0.3 is 29.4 Å². The molecule has 13 heteroatoms. The van der Waals surface area contributed by atoms with Gasteiger partial charge in [-0.05, 0) is 48.7 Å². The highest BCUT2D eigenvalue weighted by Crippen LogP contribution is 2.39. The van der Waals surface area contributed by atoms with E-state index in [1.165, 1.54) is 23.1 Å². The van der Waals surface area contributed by atoms with Crippen molar-refractivity contribution in [3.8, 4) is 28.8 Å². The third-order valence-electron chi connectivity index (χ3n) is 7.94. The summed E-state index contributed by atoms with van der Waals surface area (Å²) < 4.78 is 47.0. The molecule has 1 atom stereocenters. The van der Waals surface area contributed by atoms with Crippen LogP contribution in [0.3, 0.4) is 0 Å². The molecule has 1 aliphatic heterocycles. The molecule has 2 N–H and O–H groups in total. The van der Waals surface area contributed by atoms with Gasteiger partial charge in [-0.1, -0.05) is 24.3 Å². The Kier molecular flexibility index (Phi) is 9.45. The van der Waals surface area contributed by atoms with Gasteiger partial charge in [-0.15, -0.1) is 0 Å². The summed E-state index contributed by atoms with van der Waals surface area (Å²) in [4.78, 5) is 34.7. The minimum absolute atomic E-state index is 0.0683. The molecule has 244 valence electrons. The van der Waals surface area contributed by atoms with Crippen molar-refractivity contribution in [1.82, 2.24) is 19.3 Å². The van der Waals surface area contributed by atoms with Gasteiger partial charge >= 0.3 is 0 Å². The van der Waals surface area contributed by atoms with Crippen molar-refractivity contribution in [2.75, 3.05) is 40.6 Å². The molecule has 0 bridgehead atoms. The lowest BCUT2D eigenvalue weighted by atomic mass is 9.86. The lowest BCUT2D eigenvalue weighted by Crippen LogP contribution is -2.26. The number of rotatable bonds is 13. The van der Waals surface area contributed by atoms with Gasteiger partial charge in [0.25, 0.3) is 11.5 Å². The molecule has 6 rings (SSSR count). The van der Waals surface area contributed by atoms with E-state index in [0.717, 1.165) is 0 Å². The summed E-state index contributed by atoms with van der Waals surface area (Å²) in [5.74, 6) is -1.01. The quantitative estimate of drug-likeness (QED) is 0.182. The number of hydrogen-bond donors (Lipinski definition) is 1.